The summed E-state index contributed by atoms with van der Waals surface area (Å²) in [5.74, 6) is 0. The number of thiol groups is 1. The Morgan fingerprint density at radius 2 is 1.36 bits per heavy atom. The van der Waals surface area contributed by atoms with Crippen molar-refractivity contribution in [3.05, 3.63) is 40.1 Å². The van der Waals surface area contributed by atoms with Crippen LogP contribution in [-0.2, 0) is 16.8 Å². The Kier molecular flexibility index (Phi) is 1430. The minimum atomic E-state index is 0. The van der Waals surface area contributed by atoms with Gasteiger partial charge in [0.2, 0.25) is 0 Å². The molecule has 0 aromatic carbocycles. The molecule has 12 heteroatoms. The van der Waals surface area contributed by atoms with E-state index in [-0.39, 0.29) is 41.4 Å². The van der Waals surface area contributed by atoms with Crippen LogP contribution in [0.25, 0.3) is 30.0 Å². The van der Waals surface area contributed by atoms with Crippen molar-refractivity contribution in [1.29, 1.82) is 5.26 Å². The summed E-state index contributed by atoms with van der Waals surface area (Å²) in [5, 5.41) is 26.1. The molecule has 0 aliphatic carbocycles. The first-order chi connectivity index (χ1) is 4.24. The molecule has 0 saturated carbocycles. The molecule has 0 saturated heterocycles. The van der Waals surface area contributed by atoms with Gasteiger partial charge in [-0.25, -0.2) is 0 Å². The number of isothiocyanates is 1. The molecule has 8 N–H and O–H groups in total. The Hall–Kier alpha value is -0.614. The molecule has 88 valence electrons. The molecule has 0 heterocycles. The molecule has 0 amide bonds. The summed E-state index contributed by atoms with van der Waals surface area (Å²) >= 11 is 6.79. The molecule has 14 heavy (non-hydrogen) atoms. The summed E-state index contributed by atoms with van der Waals surface area (Å²) in [7, 11) is 0. The maximum atomic E-state index is 8.00. The molecule has 0 radical (unpaired) electrons. The van der Waals surface area contributed by atoms with Crippen molar-refractivity contribution >= 4 is 30.0 Å². The van der Waals surface area contributed by atoms with E-state index in [4.69, 9.17) is 20.8 Å². The van der Waals surface area contributed by atoms with Gasteiger partial charge in [-0.1, -0.05) is 24.8 Å². The van der Waals surface area contributed by atoms with Crippen LogP contribution in [0.2, 0.25) is 0 Å². The molecule has 0 aliphatic heterocycles. The number of nitriles is 1. The van der Waals surface area contributed by atoms with Gasteiger partial charge in [-0.2, -0.15) is 10.4 Å². The zero-order chi connectivity index (χ0) is 8.12. The predicted octanol–water partition coefficient (Wildman–Crippen LogP) is 4.17. The third kappa shape index (κ3) is 3260. The van der Waals surface area contributed by atoms with E-state index < -0.39 is 0 Å². The Balaban J connectivity index is -0.00000000545. The normalized spacial score (nSPS) is 2.00. The summed E-state index contributed by atoms with van der Waals surface area (Å²) in [6, 6.07) is 0. The van der Waals surface area contributed by atoms with Crippen LogP contribution in [0.4, 0.5) is 0 Å². The van der Waals surface area contributed by atoms with Gasteiger partial charge in [0.05, 0.1) is 0 Å². The average molecular weight is 286 g/mol. The summed E-state index contributed by atoms with van der Waals surface area (Å²) in [6.45, 7) is 0. The van der Waals surface area contributed by atoms with Crippen molar-refractivity contribution in [1.82, 2.24) is 0 Å². The number of thiocarbonyl (C=S) groups is 1. The van der Waals surface area contributed by atoms with E-state index in [1.54, 1.807) is 0 Å². The molecular formula is C2H9CoN7O2S2-3. The first kappa shape index (κ1) is 70.8. The van der Waals surface area contributed by atoms with Gasteiger partial charge < -0.3 is 40.1 Å². The number of nitrogens with two attached hydrogens (primary N) is 4. The van der Waals surface area contributed by atoms with Crippen LogP contribution >= 0.6 is 24.8 Å². The molecule has 0 atom stereocenters. The smallest absolute Gasteiger partial charge is 0.753 e. The van der Waals surface area contributed by atoms with Crippen LogP contribution in [0.5, 0.6) is 0 Å². The largest absolute Gasteiger partial charge is 3.00 e. The fraction of sp³-hybridized carbons (Fsp3) is 0. The van der Waals surface area contributed by atoms with Crippen LogP contribution in [0.1, 0.15) is 0 Å². The molecule has 0 aliphatic rings. The summed E-state index contributed by atoms with van der Waals surface area (Å²) < 4.78 is 0. The second kappa shape index (κ2) is 282. The van der Waals surface area contributed by atoms with E-state index in [2.05, 4.69) is 24.8 Å². The van der Waals surface area contributed by atoms with Crippen molar-refractivity contribution in [2.75, 3.05) is 0 Å². The molecule has 0 aromatic heterocycles. The van der Waals surface area contributed by atoms with Crippen LogP contribution in [0.3, 0.4) is 0 Å². The summed E-state index contributed by atoms with van der Waals surface area (Å²) in [4.78, 5) is 8.00. The van der Waals surface area contributed by atoms with Gasteiger partial charge in [0, 0.05) is 0 Å². The standard InChI is InChI=1S/CHNS.CNS.Co.HNO2.4H2N/c2*2-1-3;;2-1-3;;;;/h3H;;;(H,2,3);4*1H2/q;-1;+3;;4*-1/p-1. The average Bonchev–Trinajstić information content (AvgIpc) is 1.70. The SMILES string of the molecule is N#CS.O=N[O-].[Co+3].[N-]=C=S.[NH2-].[NH2-].[NH2-].[NH2-]. The van der Waals surface area contributed by atoms with E-state index in [1.165, 1.54) is 10.6 Å². The van der Waals surface area contributed by atoms with Crippen molar-refractivity contribution in [3.63, 3.8) is 0 Å². The molecule has 0 aromatic rings. The quantitative estimate of drug-likeness (QED) is 0.172. The van der Waals surface area contributed by atoms with E-state index in [1.807, 2.05) is 0 Å². The number of hydrogen-bond donors (Lipinski definition) is 1. The maximum Gasteiger partial charge on any atom is 3.00 e. The van der Waals surface area contributed by atoms with E-state index in [9.17, 15) is 0 Å². The minimum absolute atomic E-state index is 0. The topological polar surface area (TPSA) is 233 Å². The number of rotatable bonds is 0. The molecule has 0 unspecified atom stereocenters. The molecule has 0 fully saturated rings. The fourth-order valence-electron chi connectivity index (χ4n) is 0. The molecular weight excluding hydrogens is 277 g/mol. The zero-order valence-corrected chi connectivity index (χ0v) is 9.41. The molecule has 0 spiro atoms. The Bertz CT molecular complexity index is 123. The van der Waals surface area contributed by atoms with Gasteiger partial charge in [0.25, 0.3) is 0 Å². The molecule has 0 rings (SSSR count). The van der Waals surface area contributed by atoms with Crippen LogP contribution in [0, 0.1) is 20.8 Å². The van der Waals surface area contributed by atoms with Crippen LogP contribution in [0.15, 0.2) is 5.34 Å². The van der Waals surface area contributed by atoms with Crippen molar-refractivity contribution in [2.24, 2.45) is 5.34 Å². The number of nitrogens with zero attached hydrogens (tertiary/aromatic N) is 3. The zero-order valence-electron chi connectivity index (χ0n) is 6.66. The first-order valence-corrected chi connectivity index (χ1v) is 2.10. The first-order valence-electron chi connectivity index (χ1n) is 1.24. The number of hydrogen-bond acceptors (Lipinski definition) is 6. The van der Waals surface area contributed by atoms with Gasteiger partial charge in [0.1, 0.15) is 5.40 Å². The fourth-order valence-corrected chi connectivity index (χ4v) is 0. The Morgan fingerprint density at radius 1 is 1.36 bits per heavy atom. The van der Waals surface area contributed by atoms with Crippen LogP contribution in [-0.4, -0.2) is 5.16 Å². The van der Waals surface area contributed by atoms with Gasteiger partial charge in [-0.05, 0) is 0 Å². The summed E-state index contributed by atoms with van der Waals surface area (Å²) in [5.41, 5.74) is 0. The van der Waals surface area contributed by atoms with Crippen molar-refractivity contribution in [2.45, 2.75) is 0 Å². The van der Waals surface area contributed by atoms with Gasteiger partial charge in [-0.3, -0.25) is 0 Å². The van der Waals surface area contributed by atoms with Gasteiger partial charge in [0.15, 0.2) is 0 Å². The van der Waals surface area contributed by atoms with Gasteiger partial charge >= 0.3 is 16.8 Å². The molecule has 0 bridgehead atoms. The third-order valence-corrected chi connectivity index (χ3v) is 0. The maximum absolute atomic E-state index is 8.00. The second-order valence-electron chi connectivity index (χ2n) is 0.266. The monoisotopic (exact) mass is 286 g/mol. The minimum Gasteiger partial charge on any atom is -0.753 e. The van der Waals surface area contributed by atoms with E-state index >= 15 is 0 Å². The predicted molar refractivity (Wildman–Crippen MR) is 60.9 cm³/mol. The van der Waals surface area contributed by atoms with Gasteiger partial charge in [-0.15, -0.1) is 5.34 Å². The third-order valence-electron chi connectivity index (χ3n) is 0. The second-order valence-corrected chi connectivity index (χ2v) is 0.648. The molecule has 9 nitrogen and oxygen atoms in total. The van der Waals surface area contributed by atoms with Crippen molar-refractivity contribution in [3.8, 4) is 5.40 Å². The Morgan fingerprint density at radius 3 is 1.36 bits per heavy atom. The Labute approximate surface area is 103 Å². The van der Waals surface area contributed by atoms with E-state index in [0.717, 1.165) is 5.34 Å². The van der Waals surface area contributed by atoms with Crippen molar-refractivity contribution < 1.29 is 16.8 Å². The summed E-state index contributed by atoms with van der Waals surface area (Å²) in [6.07, 6.45) is 0. The number of thiocyanates is 1. The van der Waals surface area contributed by atoms with Crippen LogP contribution < -0.4 is 0 Å². The van der Waals surface area contributed by atoms with E-state index in [0.29, 0.717) is 0 Å².